The van der Waals surface area contributed by atoms with Crippen LogP contribution in [0.25, 0.3) is 33.1 Å². The minimum absolute atomic E-state index is 0.810. The summed E-state index contributed by atoms with van der Waals surface area (Å²) in [5, 5.41) is 1.09. The second-order valence-electron chi connectivity index (χ2n) is 5.25. The highest BCUT2D eigenvalue weighted by molar-refractivity contribution is 5.85. The van der Waals surface area contributed by atoms with Crippen molar-refractivity contribution < 1.29 is 0 Å². The summed E-state index contributed by atoms with van der Waals surface area (Å²) in [6, 6.07) is 23.6. The summed E-state index contributed by atoms with van der Waals surface area (Å²) in [5.41, 5.74) is 4.61. The van der Waals surface area contributed by atoms with Crippen LogP contribution in [-0.2, 0) is 0 Å². The van der Waals surface area contributed by atoms with Crippen LogP contribution >= 0.6 is 0 Å². The van der Waals surface area contributed by atoms with Crippen LogP contribution in [0.1, 0.15) is 0 Å². The summed E-state index contributed by atoms with van der Waals surface area (Å²) in [6.45, 7) is 0. The molecular formula is C20H14N4. The van der Waals surface area contributed by atoms with Gasteiger partial charge in [-0.1, -0.05) is 24.3 Å². The Morgan fingerprint density at radius 2 is 0.875 bits per heavy atom. The molecule has 4 nitrogen and oxygen atoms in total. The maximum absolute atomic E-state index is 4.52. The van der Waals surface area contributed by atoms with Gasteiger partial charge in [-0.2, -0.15) is 0 Å². The van der Waals surface area contributed by atoms with Crippen LogP contribution in [0.4, 0.5) is 0 Å². The van der Waals surface area contributed by atoms with E-state index in [2.05, 4.69) is 19.9 Å². The lowest BCUT2D eigenvalue weighted by Crippen LogP contribution is -1.85. The van der Waals surface area contributed by atoms with Gasteiger partial charge in [0.1, 0.15) is 0 Å². The van der Waals surface area contributed by atoms with Gasteiger partial charge in [-0.25, -0.2) is 19.9 Å². The van der Waals surface area contributed by atoms with Crippen molar-refractivity contribution in [3.8, 4) is 0 Å². The fourth-order valence-corrected chi connectivity index (χ4v) is 2.47. The number of fused-ring (bicyclic) bond motifs is 3. The maximum atomic E-state index is 4.52. The van der Waals surface area contributed by atoms with Gasteiger partial charge in [0, 0.05) is 17.8 Å². The Hall–Kier alpha value is -3.40. The van der Waals surface area contributed by atoms with Gasteiger partial charge in [0.15, 0.2) is 5.65 Å². The molecular weight excluding hydrogens is 296 g/mol. The third kappa shape index (κ3) is 2.90. The molecule has 0 spiro atoms. The molecule has 0 aliphatic carbocycles. The van der Waals surface area contributed by atoms with Crippen LogP contribution < -0.4 is 0 Å². The van der Waals surface area contributed by atoms with Crippen LogP contribution in [0, 0.1) is 0 Å². The van der Waals surface area contributed by atoms with E-state index in [0.29, 0.717) is 0 Å². The van der Waals surface area contributed by atoms with E-state index in [4.69, 9.17) is 0 Å². The number of pyridine rings is 2. The molecule has 5 aromatic rings. The molecule has 24 heavy (non-hydrogen) atoms. The van der Waals surface area contributed by atoms with Crippen molar-refractivity contribution in [1.82, 2.24) is 19.9 Å². The van der Waals surface area contributed by atoms with Crippen molar-refractivity contribution in [3.05, 3.63) is 85.2 Å². The maximum Gasteiger partial charge on any atom is 0.159 e. The highest BCUT2D eigenvalue weighted by Crippen LogP contribution is 2.14. The lowest BCUT2D eigenvalue weighted by atomic mass is 10.2. The minimum Gasteiger partial charge on any atom is -0.245 e. The Labute approximate surface area is 138 Å². The van der Waals surface area contributed by atoms with Gasteiger partial charge in [0.05, 0.1) is 22.1 Å². The van der Waals surface area contributed by atoms with E-state index < -0.39 is 0 Å². The van der Waals surface area contributed by atoms with Crippen molar-refractivity contribution in [3.63, 3.8) is 0 Å². The molecule has 3 heterocycles. The van der Waals surface area contributed by atoms with Crippen LogP contribution in [0.2, 0.25) is 0 Å². The molecule has 0 saturated heterocycles. The topological polar surface area (TPSA) is 51.6 Å². The summed E-state index contributed by atoms with van der Waals surface area (Å²) in [7, 11) is 0. The summed E-state index contributed by atoms with van der Waals surface area (Å²) in [6.07, 6.45) is 3.49. The number of rotatable bonds is 0. The number of aromatic nitrogens is 4. The van der Waals surface area contributed by atoms with Crippen molar-refractivity contribution in [1.29, 1.82) is 0 Å². The monoisotopic (exact) mass is 310 g/mol. The average molecular weight is 310 g/mol. The van der Waals surface area contributed by atoms with E-state index in [0.717, 1.165) is 33.1 Å². The van der Waals surface area contributed by atoms with E-state index >= 15 is 0 Å². The smallest absolute Gasteiger partial charge is 0.159 e. The Morgan fingerprint density at radius 3 is 1.25 bits per heavy atom. The number of nitrogens with zero attached hydrogens (tertiary/aromatic N) is 4. The molecule has 5 rings (SSSR count). The Morgan fingerprint density at radius 1 is 0.458 bits per heavy atom. The first kappa shape index (κ1) is 14.2. The zero-order valence-electron chi connectivity index (χ0n) is 12.9. The summed E-state index contributed by atoms with van der Waals surface area (Å²) >= 11 is 0. The van der Waals surface area contributed by atoms with Crippen LogP contribution in [0.5, 0.6) is 0 Å². The van der Waals surface area contributed by atoms with E-state index in [9.17, 15) is 0 Å². The van der Waals surface area contributed by atoms with E-state index in [-0.39, 0.29) is 0 Å². The molecule has 0 amide bonds. The molecule has 3 aromatic heterocycles. The molecule has 0 N–H and O–H groups in total. The van der Waals surface area contributed by atoms with Gasteiger partial charge in [0.2, 0.25) is 0 Å². The summed E-state index contributed by atoms with van der Waals surface area (Å²) in [4.78, 5) is 17.2. The first-order chi connectivity index (χ1) is 11.9. The molecule has 0 fully saturated rings. The van der Waals surface area contributed by atoms with Gasteiger partial charge < -0.3 is 0 Å². The number of para-hydroxylation sites is 4. The molecule has 0 atom stereocenters. The predicted molar refractivity (Wildman–Crippen MR) is 96.6 cm³/mol. The molecule has 0 bridgehead atoms. The Bertz CT molecular complexity index is 951. The average Bonchev–Trinajstić information content (AvgIpc) is 2.67. The molecule has 0 radical (unpaired) electrons. The molecule has 0 saturated carbocycles. The molecule has 0 aliphatic rings. The van der Waals surface area contributed by atoms with E-state index in [1.54, 1.807) is 12.4 Å². The van der Waals surface area contributed by atoms with Crippen molar-refractivity contribution in [2.24, 2.45) is 0 Å². The van der Waals surface area contributed by atoms with Crippen LogP contribution in [-0.4, -0.2) is 19.9 Å². The fourth-order valence-electron chi connectivity index (χ4n) is 2.47. The van der Waals surface area contributed by atoms with Gasteiger partial charge in [0.25, 0.3) is 0 Å². The number of benzene rings is 2. The first-order valence-corrected chi connectivity index (χ1v) is 7.67. The van der Waals surface area contributed by atoms with Gasteiger partial charge >= 0.3 is 0 Å². The standard InChI is InChI=1S/C12H8N2.C8H6N2/c1-2-6-10-9(5-1)13-11-7-3-4-8-12(11)14-10;1-3-7-4-2-6-10-8(7)9-5-1/h1-8H;1-6H. The predicted octanol–water partition coefficient (Wildman–Crippen LogP) is 4.41. The van der Waals surface area contributed by atoms with Gasteiger partial charge in [-0.15, -0.1) is 0 Å². The SMILES string of the molecule is c1ccc2nc3ccccc3nc2c1.c1cnc2ncccc2c1. The zero-order valence-corrected chi connectivity index (χ0v) is 12.9. The first-order valence-electron chi connectivity index (χ1n) is 7.67. The minimum atomic E-state index is 0.810. The summed E-state index contributed by atoms with van der Waals surface area (Å²) < 4.78 is 0. The van der Waals surface area contributed by atoms with Crippen molar-refractivity contribution >= 4 is 33.1 Å². The Balaban J connectivity index is 0.000000129. The lowest BCUT2D eigenvalue weighted by molar-refractivity contribution is 1.29. The van der Waals surface area contributed by atoms with Crippen molar-refractivity contribution in [2.45, 2.75) is 0 Å². The van der Waals surface area contributed by atoms with Crippen LogP contribution in [0.3, 0.4) is 0 Å². The quantitative estimate of drug-likeness (QED) is 0.397. The third-order valence-electron chi connectivity index (χ3n) is 3.62. The number of hydrogen-bond acceptors (Lipinski definition) is 4. The molecule has 4 heteroatoms. The summed E-state index contributed by atoms with van der Waals surface area (Å²) in [5.74, 6) is 0. The van der Waals surface area contributed by atoms with Gasteiger partial charge in [-0.3, -0.25) is 0 Å². The second kappa shape index (κ2) is 6.38. The molecule has 114 valence electrons. The van der Waals surface area contributed by atoms with Gasteiger partial charge in [-0.05, 0) is 48.5 Å². The second-order valence-corrected chi connectivity index (χ2v) is 5.25. The largest absolute Gasteiger partial charge is 0.245 e. The van der Waals surface area contributed by atoms with Crippen LogP contribution in [0.15, 0.2) is 85.2 Å². The highest BCUT2D eigenvalue weighted by Gasteiger charge is 1.98. The zero-order chi connectivity index (χ0) is 16.2. The van der Waals surface area contributed by atoms with E-state index in [1.807, 2.05) is 72.8 Å². The molecule has 2 aromatic carbocycles. The fraction of sp³-hybridized carbons (Fsp3) is 0. The lowest BCUT2D eigenvalue weighted by Gasteiger charge is -1.98. The molecule has 0 unspecified atom stereocenters. The van der Waals surface area contributed by atoms with E-state index in [1.165, 1.54) is 0 Å². The Kier molecular flexibility index (Phi) is 3.78. The highest BCUT2D eigenvalue weighted by atomic mass is 14.8. The molecule has 0 aliphatic heterocycles. The number of hydrogen-bond donors (Lipinski definition) is 0. The van der Waals surface area contributed by atoms with Crippen molar-refractivity contribution in [2.75, 3.05) is 0 Å². The normalized spacial score (nSPS) is 10.5. The third-order valence-corrected chi connectivity index (χ3v) is 3.62.